The van der Waals surface area contributed by atoms with Gasteiger partial charge in [0.1, 0.15) is 11.3 Å². The highest BCUT2D eigenvalue weighted by Gasteiger charge is 2.25. The molecule has 1 aromatic carbocycles. The first-order valence-corrected chi connectivity index (χ1v) is 11.5. The summed E-state index contributed by atoms with van der Waals surface area (Å²) in [5.41, 5.74) is -0.0480. The van der Waals surface area contributed by atoms with Crippen molar-refractivity contribution in [2.45, 2.75) is 6.54 Å². The van der Waals surface area contributed by atoms with Crippen molar-refractivity contribution in [2.75, 3.05) is 31.7 Å². The van der Waals surface area contributed by atoms with Crippen molar-refractivity contribution in [3.63, 3.8) is 0 Å². The Kier molecular flexibility index (Phi) is 6.49. The van der Waals surface area contributed by atoms with Crippen LogP contribution in [0.5, 0.6) is 5.75 Å². The van der Waals surface area contributed by atoms with Crippen LogP contribution < -0.4 is 9.62 Å². The van der Waals surface area contributed by atoms with Crippen molar-refractivity contribution in [2.24, 2.45) is 0 Å². The number of nitrogens with zero attached hydrogens (tertiary/aromatic N) is 4. The van der Waals surface area contributed by atoms with E-state index in [9.17, 15) is 27.5 Å². The number of halogens is 1. The number of aromatic nitrogens is 2. The predicted molar refractivity (Wildman–Crippen MR) is 120 cm³/mol. The summed E-state index contributed by atoms with van der Waals surface area (Å²) in [7, 11) is 0.558. The number of sulfonamides is 1. The second-order valence-electron chi connectivity index (χ2n) is 7.45. The number of hydrogen-bond donors (Lipinski definition) is 2. The van der Waals surface area contributed by atoms with E-state index in [1.54, 1.807) is 6.07 Å². The molecule has 0 aliphatic heterocycles. The number of fused-ring (bicyclic) bond motifs is 1. The van der Waals surface area contributed by atoms with Crippen LogP contribution in [0.4, 0.5) is 10.2 Å². The van der Waals surface area contributed by atoms with Gasteiger partial charge in [-0.2, -0.15) is 0 Å². The molecule has 2 N–H and O–H groups in total. The van der Waals surface area contributed by atoms with Crippen LogP contribution in [0.15, 0.2) is 36.5 Å². The molecule has 33 heavy (non-hydrogen) atoms. The van der Waals surface area contributed by atoms with E-state index in [2.05, 4.69) is 15.3 Å². The Hall–Kier alpha value is -3.80. The molecule has 3 rings (SSSR count). The molecular formula is C21H22FN5O5S. The van der Waals surface area contributed by atoms with Crippen LogP contribution in [0, 0.1) is 5.82 Å². The molecule has 2 heterocycles. The lowest BCUT2D eigenvalue weighted by molar-refractivity contribution is 0.0823. The summed E-state index contributed by atoms with van der Waals surface area (Å²) < 4.78 is 38.7. The van der Waals surface area contributed by atoms with E-state index in [1.807, 2.05) is 0 Å². The lowest BCUT2D eigenvalue weighted by Crippen LogP contribution is -2.29. The average Bonchev–Trinajstić information content (AvgIpc) is 2.76. The van der Waals surface area contributed by atoms with Gasteiger partial charge in [0.05, 0.1) is 6.26 Å². The summed E-state index contributed by atoms with van der Waals surface area (Å²) in [5, 5.41) is 13.4. The summed E-state index contributed by atoms with van der Waals surface area (Å²) in [6.07, 6.45) is 2.35. The van der Waals surface area contributed by atoms with E-state index in [4.69, 9.17) is 0 Å². The third-order valence-corrected chi connectivity index (χ3v) is 6.04. The summed E-state index contributed by atoms with van der Waals surface area (Å²) in [6, 6.07) is 6.65. The Bertz CT molecular complexity index is 1360. The van der Waals surface area contributed by atoms with Crippen LogP contribution in [-0.2, 0) is 16.6 Å². The SMILES string of the molecule is CN(C)C(=O)c1cc(F)ccc1CNC(=O)c1nc(N(C)S(C)(=O)=O)c2cccnc2c1O. The maximum absolute atomic E-state index is 13.7. The fourth-order valence-electron chi connectivity index (χ4n) is 3.06. The third kappa shape index (κ3) is 4.85. The monoisotopic (exact) mass is 475 g/mol. The van der Waals surface area contributed by atoms with Crippen molar-refractivity contribution < 1.29 is 27.5 Å². The fourth-order valence-corrected chi connectivity index (χ4v) is 3.52. The van der Waals surface area contributed by atoms with E-state index >= 15 is 0 Å². The summed E-state index contributed by atoms with van der Waals surface area (Å²) >= 11 is 0. The van der Waals surface area contributed by atoms with Gasteiger partial charge in [-0.15, -0.1) is 0 Å². The van der Waals surface area contributed by atoms with E-state index in [0.717, 1.165) is 22.7 Å². The number of hydrogen-bond acceptors (Lipinski definition) is 7. The molecule has 174 valence electrons. The maximum atomic E-state index is 13.7. The van der Waals surface area contributed by atoms with Gasteiger partial charge in [-0.3, -0.25) is 18.9 Å². The van der Waals surface area contributed by atoms with Crippen LogP contribution in [0.25, 0.3) is 10.9 Å². The molecule has 0 spiro atoms. The third-order valence-electron chi connectivity index (χ3n) is 4.87. The first-order chi connectivity index (χ1) is 15.4. The molecule has 0 aliphatic rings. The Balaban J connectivity index is 2.01. The van der Waals surface area contributed by atoms with Gasteiger partial charge in [0, 0.05) is 44.8 Å². The van der Waals surface area contributed by atoms with Crippen molar-refractivity contribution >= 4 is 38.6 Å². The van der Waals surface area contributed by atoms with E-state index in [-0.39, 0.29) is 28.8 Å². The highest BCUT2D eigenvalue weighted by molar-refractivity contribution is 7.92. The van der Waals surface area contributed by atoms with Crippen LogP contribution in [0.3, 0.4) is 0 Å². The number of anilines is 1. The molecule has 0 aliphatic carbocycles. The maximum Gasteiger partial charge on any atom is 0.274 e. The molecular weight excluding hydrogens is 453 g/mol. The Labute approximate surface area is 189 Å². The van der Waals surface area contributed by atoms with Crippen LogP contribution in [0.1, 0.15) is 26.4 Å². The summed E-state index contributed by atoms with van der Waals surface area (Å²) in [5.74, 6) is -2.52. The molecule has 10 nitrogen and oxygen atoms in total. The van der Waals surface area contributed by atoms with Crippen molar-refractivity contribution in [3.05, 3.63) is 59.2 Å². The molecule has 0 fully saturated rings. The largest absolute Gasteiger partial charge is 0.504 e. The number of pyridine rings is 2. The van der Waals surface area contributed by atoms with Gasteiger partial charge in [-0.05, 0) is 29.8 Å². The number of rotatable bonds is 6. The molecule has 2 amide bonds. The lowest BCUT2D eigenvalue weighted by Gasteiger charge is -2.19. The lowest BCUT2D eigenvalue weighted by atomic mass is 10.1. The van der Waals surface area contributed by atoms with Gasteiger partial charge in [-0.25, -0.2) is 17.8 Å². The molecule has 12 heteroatoms. The fraction of sp³-hybridized carbons (Fsp3) is 0.238. The minimum absolute atomic E-state index is 0.00610. The second kappa shape index (κ2) is 8.98. The van der Waals surface area contributed by atoms with Gasteiger partial charge in [0.2, 0.25) is 10.0 Å². The molecule has 3 aromatic rings. The summed E-state index contributed by atoms with van der Waals surface area (Å²) in [6.45, 7) is -0.174. The highest BCUT2D eigenvalue weighted by Crippen LogP contribution is 2.32. The first-order valence-electron chi connectivity index (χ1n) is 9.61. The number of nitrogens with one attached hydrogen (secondary N) is 1. The van der Waals surface area contributed by atoms with Gasteiger partial charge < -0.3 is 15.3 Å². The first kappa shape index (κ1) is 23.9. The standard InChI is InChI=1S/C21H22FN5O5S/c1-26(2)21(30)15-10-13(22)8-7-12(15)11-24-20(29)17-18(28)16-14(6-5-9-23-16)19(25-17)27(3)33(4,31)32/h5-10,28H,11H2,1-4H3,(H,24,29). The molecule has 0 bridgehead atoms. The van der Waals surface area contributed by atoms with Gasteiger partial charge in [-0.1, -0.05) is 6.07 Å². The summed E-state index contributed by atoms with van der Waals surface area (Å²) in [4.78, 5) is 34.7. The molecule has 0 radical (unpaired) electrons. The quantitative estimate of drug-likeness (QED) is 0.552. The topological polar surface area (TPSA) is 133 Å². The van der Waals surface area contributed by atoms with Gasteiger partial charge in [0.25, 0.3) is 11.8 Å². The molecule has 0 atom stereocenters. The molecule has 0 saturated carbocycles. The van der Waals surface area contributed by atoms with Crippen molar-refractivity contribution in [1.29, 1.82) is 0 Å². The van der Waals surface area contributed by atoms with Crippen molar-refractivity contribution in [3.8, 4) is 5.75 Å². The predicted octanol–water partition coefficient (Wildman–Crippen LogP) is 1.50. The number of benzene rings is 1. The van der Waals surface area contributed by atoms with E-state index < -0.39 is 39.1 Å². The molecule has 2 aromatic heterocycles. The zero-order valence-electron chi connectivity index (χ0n) is 18.3. The number of amides is 2. The highest BCUT2D eigenvalue weighted by atomic mass is 32.2. The van der Waals surface area contributed by atoms with Gasteiger partial charge in [0.15, 0.2) is 17.3 Å². The molecule has 0 saturated heterocycles. The minimum atomic E-state index is -3.73. The minimum Gasteiger partial charge on any atom is -0.504 e. The Morgan fingerprint density at radius 1 is 1.18 bits per heavy atom. The van der Waals surface area contributed by atoms with E-state index in [0.29, 0.717) is 5.56 Å². The van der Waals surface area contributed by atoms with Crippen LogP contribution in [-0.4, -0.2) is 67.6 Å². The zero-order valence-corrected chi connectivity index (χ0v) is 19.1. The number of carbonyl (C=O) groups excluding carboxylic acids is 2. The zero-order chi connectivity index (χ0) is 24.5. The number of carbonyl (C=O) groups is 2. The van der Waals surface area contributed by atoms with Gasteiger partial charge >= 0.3 is 0 Å². The van der Waals surface area contributed by atoms with Crippen molar-refractivity contribution in [1.82, 2.24) is 20.2 Å². The van der Waals surface area contributed by atoms with Crippen LogP contribution in [0.2, 0.25) is 0 Å². The molecule has 0 unspecified atom stereocenters. The Morgan fingerprint density at radius 3 is 2.52 bits per heavy atom. The Morgan fingerprint density at radius 2 is 1.88 bits per heavy atom. The smallest absolute Gasteiger partial charge is 0.274 e. The second-order valence-corrected chi connectivity index (χ2v) is 9.46. The van der Waals surface area contributed by atoms with Crippen LogP contribution >= 0.6 is 0 Å². The van der Waals surface area contributed by atoms with E-state index in [1.165, 1.54) is 44.4 Å². The normalized spacial score (nSPS) is 11.3. The average molecular weight is 476 g/mol. The number of aromatic hydroxyl groups is 1.